The lowest BCUT2D eigenvalue weighted by atomic mass is 9.78. The molecule has 4 aromatic rings. The molecule has 4 aliphatic rings. The number of carbonyl (C=O) groups is 2. The second kappa shape index (κ2) is 28.3. The first-order valence-electron chi connectivity index (χ1n) is 30.9. The average Bonchev–Trinajstić information content (AvgIpc) is 3.57. The molecule has 0 radical (unpaired) electrons. The molecule has 11 heteroatoms. The molecule has 4 saturated carbocycles. The summed E-state index contributed by atoms with van der Waals surface area (Å²) in [6, 6.07) is 29.8. The van der Waals surface area contributed by atoms with E-state index in [1.165, 1.54) is 38.7 Å². The Morgan fingerprint density at radius 1 is 0.543 bits per heavy atom. The number of hydrogen-bond donors (Lipinski definition) is 0. The van der Waals surface area contributed by atoms with Gasteiger partial charge in [0, 0.05) is 57.6 Å². The number of carbonyl (C=O) groups excluding carboxylic acids is 2. The van der Waals surface area contributed by atoms with E-state index in [-0.39, 0.29) is 33.9 Å². The van der Waals surface area contributed by atoms with Gasteiger partial charge in [-0.15, -0.1) is 6.42 Å². The number of benzene rings is 4. The molecule has 4 aliphatic carbocycles. The minimum atomic E-state index is -1.81. The van der Waals surface area contributed by atoms with Gasteiger partial charge < -0.3 is 28.1 Å². The van der Waals surface area contributed by atoms with Gasteiger partial charge in [0.1, 0.15) is 11.5 Å². The fraction of sp³-hybridized carbons (Fsp3) is 0.600. The molecule has 2 amide bonds. The largest absolute Gasteiger partial charge is 0.496 e. The van der Waals surface area contributed by atoms with E-state index in [4.69, 9.17) is 24.7 Å². The van der Waals surface area contributed by atoms with Gasteiger partial charge in [0.2, 0.25) is 11.8 Å². The summed E-state index contributed by atoms with van der Waals surface area (Å²) in [6.45, 7) is 29.0. The molecule has 8 rings (SSSR count). The van der Waals surface area contributed by atoms with Crippen molar-refractivity contribution in [2.45, 2.75) is 218 Å². The molecule has 0 saturated heterocycles. The molecule has 81 heavy (non-hydrogen) atoms. The molecule has 0 aromatic heterocycles. The van der Waals surface area contributed by atoms with Crippen LogP contribution < -0.4 is 19.3 Å². The second-order valence-corrected chi connectivity index (χ2v) is 38.4. The molecule has 8 nitrogen and oxygen atoms in total. The smallest absolute Gasteiger partial charge is 0.230 e. The third-order valence-electron chi connectivity index (χ3n) is 19.9. The van der Waals surface area contributed by atoms with Crippen molar-refractivity contribution >= 4 is 62.4 Å². The summed E-state index contributed by atoms with van der Waals surface area (Å²) in [7, 11) is -0.138. The van der Waals surface area contributed by atoms with Crippen LogP contribution in [0.15, 0.2) is 84.9 Å². The van der Waals surface area contributed by atoms with Crippen molar-refractivity contribution in [2.75, 3.05) is 37.1 Å². The number of hydrogen-bond acceptors (Lipinski definition) is 6. The van der Waals surface area contributed by atoms with Crippen LogP contribution in [-0.2, 0) is 18.4 Å². The first kappa shape index (κ1) is 64.6. The van der Waals surface area contributed by atoms with E-state index in [9.17, 15) is 9.59 Å². The molecule has 4 fully saturated rings. The quantitative estimate of drug-likeness (QED) is 0.0632. The Hall–Kier alpha value is -3.94. The van der Waals surface area contributed by atoms with Gasteiger partial charge in [0.05, 0.1) is 14.2 Å². The monoisotopic (exact) mass is 1250 g/mol. The van der Waals surface area contributed by atoms with Gasteiger partial charge in [0.25, 0.3) is 0 Å². The van der Waals surface area contributed by atoms with E-state index in [2.05, 4.69) is 187 Å². The standard InChI is InChI=1S/C36H51NO3Si.C34H50INO3Si/c1-9-27-11-10-12-32(24-27)37(35(38)30-17-20-33(21-18-30)40-41(7,8)36(3,4)5)25-28-13-15-29(16-14-28)31-19-22-34(39-6)26(2)23-31;1-24-21-28(17-20-32(24)38-5)26-13-11-25(12-14-26)23-36(30-10-8-9-29(35)22-30)33(37)27-15-18-31(19-16-27)39-40(6,7)34(2,3)4/h1,10-12,19,22-24,28-30,33H,13-18,20-21,25H2,2-8H3;8-10,17,20-22,25-27,31H,11-16,18-19,23H2,1-7H3. The highest BCUT2D eigenvalue weighted by Crippen LogP contribution is 2.44. The highest BCUT2D eigenvalue weighted by atomic mass is 127. The van der Waals surface area contributed by atoms with Crippen LogP contribution in [0, 0.1) is 53.4 Å². The molecule has 442 valence electrons. The normalized spacial score (nSPS) is 23.7. The molecule has 0 unspecified atom stereocenters. The maximum atomic E-state index is 14.1. The van der Waals surface area contributed by atoms with Gasteiger partial charge >= 0.3 is 0 Å². The number of aryl methyl sites for hydroxylation is 2. The molecule has 0 atom stereocenters. The lowest BCUT2D eigenvalue weighted by Gasteiger charge is -2.41. The lowest BCUT2D eigenvalue weighted by Crippen LogP contribution is -2.46. The molecule has 0 spiro atoms. The van der Waals surface area contributed by atoms with Crippen LogP contribution in [0.4, 0.5) is 11.4 Å². The average molecular weight is 1250 g/mol. The molecule has 0 N–H and O–H groups in total. The third-order valence-corrected chi connectivity index (χ3v) is 29.7. The number of rotatable bonds is 16. The van der Waals surface area contributed by atoms with Gasteiger partial charge in [-0.25, -0.2) is 0 Å². The van der Waals surface area contributed by atoms with Crippen LogP contribution in [0.25, 0.3) is 0 Å². The summed E-state index contributed by atoms with van der Waals surface area (Å²) in [5.41, 5.74) is 8.07. The number of methoxy groups -OCH3 is 2. The van der Waals surface area contributed by atoms with E-state index >= 15 is 0 Å². The zero-order valence-electron chi connectivity index (χ0n) is 52.2. The first-order valence-corrected chi connectivity index (χ1v) is 37.8. The maximum absolute atomic E-state index is 14.1. The highest BCUT2D eigenvalue weighted by Gasteiger charge is 2.43. The van der Waals surface area contributed by atoms with Crippen LogP contribution in [0.2, 0.25) is 36.3 Å². The minimum absolute atomic E-state index is 0.0439. The van der Waals surface area contributed by atoms with Gasteiger partial charge in [-0.1, -0.05) is 83.9 Å². The Bertz CT molecular complexity index is 2740. The summed E-state index contributed by atoms with van der Waals surface area (Å²) < 4.78 is 25.6. The Morgan fingerprint density at radius 2 is 0.926 bits per heavy atom. The van der Waals surface area contributed by atoms with Crippen LogP contribution in [-0.4, -0.2) is 68.0 Å². The van der Waals surface area contributed by atoms with Crippen LogP contribution >= 0.6 is 22.6 Å². The summed E-state index contributed by atoms with van der Waals surface area (Å²) in [6.07, 6.45) is 23.1. The molecule has 0 aliphatic heterocycles. The van der Waals surface area contributed by atoms with Gasteiger partial charge in [-0.3, -0.25) is 9.59 Å². The lowest BCUT2D eigenvalue weighted by molar-refractivity contribution is -0.124. The van der Waals surface area contributed by atoms with Crippen LogP contribution in [0.1, 0.15) is 184 Å². The Labute approximate surface area is 506 Å². The number of anilines is 2. The number of terminal acetylenes is 1. The summed E-state index contributed by atoms with van der Waals surface area (Å²) >= 11 is 2.37. The van der Waals surface area contributed by atoms with Crippen molar-refractivity contribution in [1.82, 2.24) is 0 Å². The van der Waals surface area contributed by atoms with Crippen LogP contribution in [0.3, 0.4) is 0 Å². The second-order valence-electron chi connectivity index (χ2n) is 27.7. The third kappa shape index (κ3) is 17.1. The number of amides is 2. The van der Waals surface area contributed by atoms with E-state index < -0.39 is 16.6 Å². The molecular formula is C70H101IN2O6Si2. The van der Waals surface area contributed by atoms with Crippen molar-refractivity contribution in [1.29, 1.82) is 0 Å². The fourth-order valence-electron chi connectivity index (χ4n) is 12.7. The van der Waals surface area contributed by atoms with E-state index in [0.29, 0.717) is 35.7 Å². The SMILES string of the molecule is C#Cc1cccc(N(CC2CCC(c3ccc(OC)c(C)c3)CC2)C(=O)C2CCC(O[Si](C)(C)C(C)(C)C)CC2)c1.COc1ccc(C2CCC(CN(C(=O)C3CCC(O[Si](C)(C)C(C)(C)C)CC3)c3cccc(I)c3)CC2)cc1C. The predicted molar refractivity (Wildman–Crippen MR) is 351 cm³/mol. The Balaban J connectivity index is 0.000000234. The summed E-state index contributed by atoms with van der Waals surface area (Å²) in [5, 5.41) is 0.413. The number of nitrogens with zero attached hydrogens (tertiary/aromatic N) is 2. The van der Waals surface area contributed by atoms with Crippen molar-refractivity contribution in [3.63, 3.8) is 0 Å². The summed E-state index contributed by atoms with van der Waals surface area (Å²) in [4.78, 5) is 32.5. The fourth-order valence-corrected chi connectivity index (χ4v) is 16.1. The van der Waals surface area contributed by atoms with Crippen molar-refractivity contribution in [3.05, 3.63) is 116 Å². The molecule has 0 heterocycles. The van der Waals surface area contributed by atoms with Gasteiger partial charge in [0.15, 0.2) is 16.6 Å². The highest BCUT2D eigenvalue weighted by molar-refractivity contribution is 14.1. The van der Waals surface area contributed by atoms with E-state index in [1.807, 2.05) is 18.2 Å². The molecular weight excluding hydrogens is 1150 g/mol. The van der Waals surface area contributed by atoms with Gasteiger partial charge in [-0.2, -0.15) is 0 Å². The maximum Gasteiger partial charge on any atom is 0.230 e. The zero-order chi connectivity index (χ0) is 58.9. The summed E-state index contributed by atoms with van der Waals surface area (Å²) in [5.74, 6) is 7.59. The predicted octanol–water partition coefficient (Wildman–Crippen LogP) is 18.4. The first-order chi connectivity index (χ1) is 38.3. The van der Waals surface area contributed by atoms with Crippen LogP contribution in [0.5, 0.6) is 11.5 Å². The Morgan fingerprint density at radius 3 is 1.27 bits per heavy atom. The topological polar surface area (TPSA) is 77.5 Å². The van der Waals surface area contributed by atoms with Gasteiger partial charge in [-0.05, 0) is 270 Å². The Kier molecular flexibility index (Phi) is 22.6. The van der Waals surface area contributed by atoms with Crippen molar-refractivity contribution < 1.29 is 27.9 Å². The minimum Gasteiger partial charge on any atom is -0.496 e. The van der Waals surface area contributed by atoms with Crippen molar-refractivity contribution in [2.24, 2.45) is 23.7 Å². The molecule has 0 bridgehead atoms. The van der Waals surface area contributed by atoms with E-state index in [0.717, 1.165) is 131 Å². The zero-order valence-corrected chi connectivity index (χ0v) is 56.4. The van der Waals surface area contributed by atoms with E-state index in [1.54, 1.807) is 14.2 Å². The van der Waals surface area contributed by atoms with Crippen molar-refractivity contribution in [3.8, 4) is 23.8 Å². The number of ether oxygens (including phenoxy) is 2. The molecule has 4 aromatic carbocycles. The number of halogens is 1.